The van der Waals surface area contributed by atoms with E-state index in [2.05, 4.69) is 37.1 Å². The van der Waals surface area contributed by atoms with E-state index < -0.39 is 0 Å². The van der Waals surface area contributed by atoms with Crippen LogP contribution in [0.5, 0.6) is 0 Å². The van der Waals surface area contributed by atoms with Gasteiger partial charge in [0.15, 0.2) is 0 Å². The molecule has 2 heteroatoms. The molecule has 120 valence electrons. The Morgan fingerprint density at radius 1 is 1.00 bits per heavy atom. The summed E-state index contributed by atoms with van der Waals surface area (Å²) in [7, 11) is 2.24. The molecule has 0 aromatic carbocycles. The first-order valence-electron chi connectivity index (χ1n) is 8.81. The molecule has 1 nitrogen and oxygen atoms in total. The van der Waals surface area contributed by atoms with Crippen molar-refractivity contribution >= 4 is 17.1 Å². The fourth-order valence-corrected chi connectivity index (χ4v) is 3.01. The average Bonchev–Trinajstić information content (AvgIpc) is 2.49. The van der Waals surface area contributed by atoms with Crippen molar-refractivity contribution in [3.63, 3.8) is 0 Å². The van der Waals surface area contributed by atoms with E-state index in [1.807, 2.05) is 0 Å². The Morgan fingerprint density at radius 3 is 2.33 bits per heavy atom. The molecule has 0 N–H and O–H groups in total. The molecule has 0 saturated heterocycles. The predicted octanol–water partition coefficient (Wildman–Crippen LogP) is 5.71. The lowest BCUT2D eigenvalue weighted by Gasteiger charge is -2.18. The van der Waals surface area contributed by atoms with Crippen molar-refractivity contribution in [3.05, 3.63) is 23.8 Å². The third kappa shape index (κ3) is 9.21. The molecule has 1 rings (SSSR count). The summed E-state index contributed by atoms with van der Waals surface area (Å²) in [6, 6.07) is 0. The molecule has 0 bridgehead atoms. The number of hydrogen-bond acceptors (Lipinski definition) is 2. The molecule has 21 heavy (non-hydrogen) atoms. The van der Waals surface area contributed by atoms with Gasteiger partial charge in [0.05, 0.1) is 0 Å². The third-order valence-corrected chi connectivity index (χ3v) is 4.68. The second kappa shape index (κ2) is 12.1. The molecule has 0 aromatic heterocycles. The SMILES string of the molecule is CCCCCCCCCCN(C)CCC1=CC=CCC1=S. The van der Waals surface area contributed by atoms with E-state index in [1.54, 1.807) is 0 Å². The molecule has 0 radical (unpaired) electrons. The van der Waals surface area contributed by atoms with Crippen LogP contribution >= 0.6 is 12.2 Å². The number of nitrogens with zero attached hydrogens (tertiary/aromatic N) is 1. The molecule has 0 heterocycles. The van der Waals surface area contributed by atoms with Gasteiger partial charge >= 0.3 is 0 Å². The van der Waals surface area contributed by atoms with Gasteiger partial charge in [0.25, 0.3) is 0 Å². The summed E-state index contributed by atoms with van der Waals surface area (Å²) in [5.41, 5.74) is 1.37. The summed E-state index contributed by atoms with van der Waals surface area (Å²) in [5.74, 6) is 0. The summed E-state index contributed by atoms with van der Waals surface area (Å²) in [6.45, 7) is 4.64. The Labute approximate surface area is 137 Å². The number of rotatable bonds is 12. The molecule has 0 aromatic rings. The van der Waals surface area contributed by atoms with E-state index in [4.69, 9.17) is 12.2 Å². The zero-order valence-electron chi connectivity index (χ0n) is 14.1. The average molecular weight is 308 g/mol. The van der Waals surface area contributed by atoms with Crippen LogP contribution in [0.2, 0.25) is 0 Å². The van der Waals surface area contributed by atoms with Gasteiger partial charge in [0, 0.05) is 17.8 Å². The van der Waals surface area contributed by atoms with E-state index in [9.17, 15) is 0 Å². The fraction of sp³-hybridized carbons (Fsp3) is 0.737. The molecule has 1 aliphatic rings. The molecule has 0 saturated carbocycles. The predicted molar refractivity (Wildman–Crippen MR) is 99.2 cm³/mol. The molecule has 0 unspecified atom stereocenters. The molecule has 0 aliphatic heterocycles. The Morgan fingerprint density at radius 2 is 1.67 bits per heavy atom. The lowest BCUT2D eigenvalue weighted by atomic mass is 10.0. The van der Waals surface area contributed by atoms with Crippen LogP contribution in [0.25, 0.3) is 0 Å². The van der Waals surface area contributed by atoms with E-state index in [0.29, 0.717) is 0 Å². The van der Waals surface area contributed by atoms with Gasteiger partial charge in [-0.15, -0.1) is 0 Å². The molecule has 0 atom stereocenters. The summed E-state index contributed by atoms with van der Waals surface area (Å²) >= 11 is 5.41. The second-order valence-electron chi connectivity index (χ2n) is 6.28. The quantitative estimate of drug-likeness (QED) is 0.336. The van der Waals surface area contributed by atoms with Gasteiger partial charge in [-0.1, -0.05) is 82.3 Å². The maximum atomic E-state index is 5.41. The van der Waals surface area contributed by atoms with Crippen LogP contribution in [0.4, 0.5) is 0 Å². The Balaban J connectivity index is 1.96. The van der Waals surface area contributed by atoms with Crippen LogP contribution in [0.1, 0.15) is 71.1 Å². The first-order chi connectivity index (χ1) is 10.2. The lowest BCUT2D eigenvalue weighted by Crippen LogP contribution is -2.22. The van der Waals surface area contributed by atoms with Gasteiger partial charge in [-0.3, -0.25) is 0 Å². The zero-order chi connectivity index (χ0) is 15.3. The van der Waals surface area contributed by atoms with Crippen molar-refractivity contribution in [2.24, 2.45) is 0 Å². The van der Waals surface area contributed by atoms with Gasteiger partial charge in [-0.25, -0.2) is 0 Å². The Hall–Kier alpha value is -0.470. The van der Waals surface area contributed by atoms with Crippen molar-refractivity contribution in [3.8, 4) is 0 Å². The second-order valence-corrected chi connectivity index (χ2v) is 6.77. The monoisotopic (exact) mass is 307 g/mol. The van der Waals surface area contributed by atoms with Crippen LogP contribution in [-0.2, 0) is 0 Å². The fourth-order valence-electron chi connectivity index (χ4n) is 2.74. The minimum atomic E-state index is 0.961. The van der Waals surface area contributed by atoms with Crippen LogP contribution in [-0.4, -0.2) is 29.9 Å². The Kier molecular flexibility index (Phi) is 10.7. The highest BCUT2D eigenvalue weighted by atomic mass is 32.1. The smallest absolute Gasteiger partial charge is 0.0222 e. The van der Waals surface area contributed by atoms with Crippen molar-refractivity contribution in [2.45, 2.75) is 71.1 Å². The highest BCUT2D eigenvalue weighted by Crippen LogP contribution is 2.14. The maximum Gasteiger partial charge on any atom is 0.0222 e. The van der Waals surface area contributed by atoms with Gasteiger partial charge in [0.2, 0.25) is 0 Å². The van der Waals surface area contributed by atoms with Crippen molar-refractivity contribution in [1.29, 1.82) is 0 Å². The summed E-state index contributed by atoms with van der Waals surface area (Å²) in [4.78, 5) is 3.59. The summed E-state index contributed by atoms with van der Waals surface area (Å²) in [5, 5.41) is 0. The maximum absolute atomic E-state index is 5.41. The summed E-state index contributed by atoms with van der Waals surface area (Å²) < 4.78 is 0. The number of thiocarbonyl (C=S) groups is 1. The minimum absolute atomic E-state index is 0.961. The van der Waals surface area contributed by atoms with E-state index >= 15 is 0 Å². The minimum Gasteiger partial charge on any atom is -0.306 e. The normalized spacial score (nSPS) is 14.8. The molecular formula is C19H33NS. The van der Waals surface area contributed by atoms with Gasteiger partial charge < -0.3 is 4.90 Å². The molecule has 0 amide bonds. The lowest BCUT2D eigenvalue weighted by molar-refractivity contribution is 0.328. The number of hydrogen-bond donors (Lipinski definition) is 0. The van der Waals surface area contributed by atoms with Crippen molar-refractivity contribution < 1.29 is 0 Å². The Bertz CT molecular complexity index is 343. The van der Waals surface area contributed by atoms with Crippen molar-refractivity contribution in [2.75, 3.05) is 20.1 Å². The van der Waals surface area contributed by atoms with E-state index in [0.717, 1.165) is 24.3 Å². The third-order valence-electron chi connectivity index (χ3n) is 4.25. The standard InChI is InChI=1S/C19H33NS/c1-3-4-5-6-7-8-9-12-16-20(2)17-15-18-13-10-11-14-19(18)21/h10-11,13H,3-9,12,14-17H2,1-2H3. The van der Waals surface area contributed by atoms with E-state index in [1.165, 1.54) is 63.5 Å². The van der Waals surface area contributed by atoms with Crippen LogP contribution in [0, 0.1) is 0 Å². The van der Waals surface area contributed by atoms with Gasteiger partial charge in [-0.05, 0) is 32.0 Å². The van der Waals surface area contributed by atoms with Crippen LogP contribution < -0.4 is 0 Å². The topological polar surface area (TPSA) is 3.24 Å². The van der Waals surface area contributed by atoms with Gasteiger partial charge in [0.1, 0.15) is 0 Å². The number of allylic oxidation sites excluding steroid dienone is 3. The molecule has 1 aliphatic carbocycles. The largest absolute Gasteiger partial charge is 0.306 e. The molecular weight excluding hydrogens is 274 g/mol. The first-order valence-corrected chi connectivity index (χ1v) is 9.22. The highest BCUT2D eigenvalue weighted by molar-refractivity contribution is 7.80. The van der Waals surface area contributed by atoms with Crippen LogP contribution in [0.3, 0.4) is 0 Å². The van der Waals surface area contributed by atoms with Crippen molar-refractivity contribution in [1.82, 2.24) is 4.90 Å². The van der Waals surface area contributed by atoms with E-state index in [-0.39, 0.29) is 0 Å². The highest BCUT2D eigenvalue weighted by Gasteiger charge is 2.07. The molecule has 0 fully saturated rings. The molecule has 0 spiro atoms. The van der Waals surface area contributed by atoms with Gasteiger partial charge in [-0.2, -0.15) is 0 Å². The zero-order valence-corrected chi connectivity index (χ0v) is 14.9. The first kappa shape index (κ1) is 18.6. The summed E-state index contributed by atoms with van der Waals surface area (Å²) in [6.07, 6.45) is 19.7. The van der Waals surface area contributed by atoms with Crippen LogP contribution in [0.15, 0.2) is 23.8 Å². The number of unbranched alkanes of at least 4 members (excludes halogenated alkanes) is 7.